The van der Waals surface area contributed by atoms with E-state index < -0.39 is 0 Å². The number of aryl methyl sites for hydroxylation is 1. The lowest BCUT2D eigenvalue weighted by Crippen LogP contribution is -2.24. The Hall–Kier alpha value is -2.82. The zero-order chi connectivity index (χ0) is 17.3. The normalized spacial score (nSPS) is 11.0. The predicted octanol–water partition coefficient (Wildman–Crippen LogP) is 2.57. The number of hydrogen-bond acceptors (Lipinski definition) is 2. The molecule has 5 heteroatoms. The second kappa shape index (κ2) is 6.35. The van der Waals surface area contributed by atoms with Crippen molar-refractivity contribution in [1.82, 2.24) is 14.0 Å². The molecule has 0 saturated carbocycles. The van der Waals surface area contributed by atoms with Gasteiger partial charge in [-0.3, -0.25) is 13.9 Å². The highest BCUT2D eigenvalue weighted by molar-refractivity contribution is 5.94. The van der Waals surface area contributed by atoms with Crippen LogP contribution in [0.1, 0.15) is 22.8 Å². The molecule has 124 valence electrons. The molecule has 0 saturated heterocycles. The molecule has 0 fully saturated rings. The molecule has 0 N–H and O–H groups in total. The highest BCUT2D eigenvalue weighted by atomic mass is 16.2. The van der Waals surface area contributed by atoms with Crippen LogP contribution in [0.25, 0.3) is 11.0 Å². The van der Waals surface area contributed by atoms with Gasteiger partial charge in [-0.2, -0.15) is 0 Å². The van der Waals surface area contributed by atoms with Crippen molar-refractivity contribution < 1.29 is 4.79 Å². The first kappa shape index (κ1) is 16.1. The summed E-state index contributed by atoms with van der Waals surface area (Å²) in [5.74, 6) is -0.0415. The van der Waals surface area contributed by atoms with Gasteiger partial charge in [0.25, 0.3) is 5.91 Å². The number of para-hydroxylation sites is 2. The third kappa shape index (κ3) is 2.73. The van der Waals surface area contributed by atoms with Crippen molar-refractivity contribution in [2.75, 3.05) is 14.1 Å². The van der Waals surface area contributed by atoms with E-state index in [0.717, 1.165) is 16.6 Å². The number of benzene rings is 2. The summed E-state index contributed by atoms with van der Waals surface area (Å²) in [6, 6.07) is 15.2. The van der Waals surface area contributed by atoms with Gasteiger partial charge in [0, 0.05) is 26.2 Å². The van der Waals surface area contributed by atoms with Crippen LogP contribution in [0.15, 0.2) is 53.3 Å². The number of fused-ring (bicyclic) bond motifs is 1. The Kier molecular flexibility index (Phi) is 4.25. The fourth-order valence-electron chi connectivity index (χ4n) is 2.97. The fraction of sp³-hybridized carbons (Fsp3) is 0.263. The number of rotatable bonds is 4. The van der Waals surface area contributed by atoms with Crippen molar-refractivity contribution in [3.05, 3.63) is 70.1 Å². The predicted molar refractivity (Wildman–Crippen MR) is 95.4 cm³/mol. The lowest BCUT2D eigenvalue weighted by Gasteiger charge is -2.11. The van der Waals surface area contributed by atoms with E-state index >= 15 is 0 Å². The van der Waals surface area contributed by atoms with Crippen LogP contribution in [-0.2, 0) is 13.1 Å². The van der Waals surface area contributed by atoms with Crippen LogP contribution in [0.2, 0.25) is 0 Å². The maximum atomic E-state index is 12.7. The van der Waals surface area contributed by atoms with Gasteiger partial charge in [-0.05, 0) is 36.8 Å². The maximum absolute atomic E-state index is 12.7. The summed E-state index contributed by atoms with van der Waals surface area (Å²) in [4.78, 5) is 26.4. The van der Waals surface area contributed by atoms with Crippen molar-refractivity contribution in [3.63, 3.8) is 0 Å². The minimum Gasteiger partial charge on any atom is -0.345 e. The molecule has 1 amide bonds. The summed E-state index contributed by atoms with van der Waals surface area (Å²) >= 11 is 0. The molecular weight excluding hydrogens is 302 g/mol. The van der Waals surface area contributed by atoms with Gasteiger partial charge in [-0.15, -0.1) is 0 Å². The van der Waals surface area contributed by atoms with E-state index in [1.54, 1.807) is 34.2 Å². The van der Waals surface area contributed by atoms with Crippen molar-refractivity contribution >= 4 is 16.9 Å². The first-order valence-corrected chi connectivity index (χ1v) is 8.01. The highest BCUT2D eigenvalue weighted by Gasteiger charge is 2.13. The Morgan fingerprint density at radius 3 is 2.29 bits per heavy atom. The fourth-order valence-corrected chi connectivity index (χ4v) is 2.97. The molecule has 1 aromatic heterocycles. The van der Waals surface area contributed by atoms with Crippen molar-refractivity contribution in [1.29, 1.82) is 0 Å². The molecule has 0 spiro atoms. The summed E-state index contributed by atoms with van der Waals surface area (Å²) < 4.78 is 3.53. The Morgan fingerprint density at radius 2 is 1.67 bits per heavy atom. The van der Waals surface area contributed by atoms with Gasteiger partial charge in [0.05, 0.1) is 17.6 Å². The molecule has 24 heavy (non-hydrogen) atoms. The van der Waals surface area contributed by atoms with E-state index in [4.69, 9.17) is 0 Å². The number of imidazole rings is 1. The van der Waals surface area contributed by atoms with Gasteiger partial charge in [0.1, 0.15) is 0 Å². The second-order valence-electron chi connectivity index (χ2n) is 6.00. The monoisotopic (exact) mass is 323 g/mol. The third-order valence-corrected chi connectivity index (χ3v) is 4.16. The van der Waals surface area contributed by atoms with Crippen LogP contribution >= 0.6 is 0 Å². The van der Waals surface area contributed by atoms with E-state index in [-0.39, 0.29) is 11.6 Å². The standard InChI is InChI=1S/C19H21N3O2/c1-4-21-16-10-5-6-11-17(16)22(19(21)24)13-14-8-7-9-15(12-14)18(23)20(2)3/h5-12H,4,13H2,1-3H3. The molecule has 0 aliphatic heterocycles. The molecule has 2 aromatic carbocycles. The van der Waals surface area contributed by atoms with Crippen LogP contribution in [0.4, 0.5) is 0 Å². The molecule has 5 nitrogen and oxygen atoms in total. The van der Waals surface area contributed by atoms with E-state index in [0.29, 0.717) is 18.7 Å². The quantitative estimate of drug-likeness (QED) is 0.741. The summed E-state index contributed by atoms with van der Waals surface area (Å²) in [5, 5.41) is 0. The Balaban J connectivity index is 2.05. The van der Waals surface area contributed by atoms with Gasteiger partial charge < -0.3 is 4.90 Å². The molecule has 0 aliphatic carbocycles. The lowest BCUT2D eigenvalue weighted by molar-refractivity contribution is 0.0827. The summed E-state index contributed by atoms with van der Waals surface area (Å²) in [7, 11) is 3.46. The van der Waals surface area contributed by atoms with E-state index in [9.17, 15) is 9.59 Å². The molecule has 1 heterocycles. The Morgan fingerprint density at radius 1 is 1.00 bits per heavy atom. The van der Waals surface area contributed by atoms with Crippen LogP contribution in [0.3, 0.4) is 0 Å². The van der Waals surface area contributed by atoms with Crippen molar-refractivity contribution in [2.45, 2.75) is 20.0 Å². The highest BCUT2D eigenvalue weighted by Crippen LogP contribution is 2.15. The molecule has 3 aromatic rings. The van der Waals surface area contributed by atoms with Crippen molar-refractivity contribution in [3.8, 4) is 0 Å². The number of carbonyl (C=O) groups is 1. The smallest absolute Gasteiger partial charge is 0.329 e. The number of aromatic nitrogens is 2. The average molecular weight is 323 g/mol. The van der Waals surface area contributed by atoms with E-state index in [1.807, 2.05) is 49.4 Å². The SMILES string of the molecule is CCn1c(=O)n(Cc2cccc(C(=O)N(C)C)c2)c2ccccc21. The third-order valence-electron chi connectivity index (χ3n) is 4.16. The Labute approximate surface area is 140 Å². The topological polar surface area (TPSA) is 47.2 Å². The van der Waals surface area contributed by atoms with Gasteiger partial charge in [0.2, 0.25) is 0 Å². The molecule has 3 rings (SSSR count). The van der Waals surface area contributed by atoms with Crippen LogP contribution < -0.4 is 5.69 Å². The first-order valence-electron chi connectivity index (χ1n) is 8.01. The lowest BCUT2D eigenvalue weighted by atomic mass is 10.1. The number of carbonyl (C=O) groups excluding carboxylic acids is 1. The second-order valence-corrected chi connectivity index (χ2v) is 6.00. The van der Waals surface area contributed by atoms with Crippen molar-refractivity contribution in [2.24, 2.45) is 0 Å². The van der Waals surface area contributed by atoms with Gasteiger partial charge in [-0.25, -0.2) is 4.79 Å². The van der Waals surface area contributed by atoms with Gasteiger partial charge >= 0.3 is 5.69 Å². The van der Waals surface area contributed by atoms with Crippen LogP contribution in [0, 0.1) is 0 Å². The van der Waals surface area contributed by atoms with Crippen LogP contribution in [-0.4, -0.2) is 34.0 Å². The van der Waals surface area contributed by atoms with E-state index in [2.05, 4.69) is 0 Å². The zero-order valence-corrected chi connectivity index (χ0v) is 14.2. The van der Waals surface area contributed by atoms with E-state index in [1.165, 1.54) is 0 Å². The molecule has 0 unspecified atom stereocenters. The molecule has 0 atom stereocenters. The maximum Gasteiger partial charge on any atom is 0.329 e. The number of amides is 1. The van der Waals surface area contributed by atoms with Crippen LogP contribution in [0.5, 0.6) is 0 Å². The summed E-state index contributed by atoms with van der Waals surface area (Å²) in [6.07, 6.45) is 0. The Bertz CT molecular complexity index is 951. The molecule has 0 radical (unpaired) electrons. The summed E-state index contributed by atoms with van der Waals surface area (Å²) in [6.45, 7) is 3.04. The minimum atomic E-state index is -0.0415. The van der Waals surface area contributed by atoms with Gasteiger partial charge in [0.15, 0.2) is 0 Å². The first-order chi connectivity index (χ1) is 11.5. The largest absolute Gasteiger partial charge is 0.345 e. The summed E-state index contributed by atoms with van der Waals surface area (Å²) in [5.41, 5.74) is 3.39. The molecule has 0 aliphatic rings. The zero-order valence-electron chi connectivity index (χ0n) is 14.2. The van der Waals surface area contributed by atoms with Gasteiger partial charge in [-0.1, -0.05) is 24.3 Å². The number of hydrogen-bond donors (Lipinski definition) is 0. The molecular formula is C19H21N3O2. The average Bonchev–Trinajstić information content (AvgIpc) is 2.86. The number of nitrogens with zero attached hydrogens (tertiary/aromatic N) is 3. The molecule has 0 bridgehead atoms. The minimum absolute atomic E-state index is 0.0250.